The van der Waals surface area contributed by atoms with E-state index >= 15 is 0 Å². The van der Waals surface area contributed by atoms with Crippen LogP contribution in [0.5, 0.6) is 0 Å². The molecule has 53 heavy (non-hydrogen) atoms. The summed E-state index contributed by atoms with van der Waals surface area (Å²) >= 11 is 0. The quantitative estimate of drug-likeness (QED) is 0.0678. The van der Waals surface area contributed by atoms with Gasteiger partial charge in [-0.1, -0.05) is 31.7 Å². The van der Waals surface area contributed by atoms with Gasteiger partial charge in [-0.25, -0.2) is 9.97 Å². The summed E-state index contributed by atoms with van der Waals surface area (Å²) in [5.41, 5.74) is 24.1. The molecular weight excluding hydrogens is 716 g/mol. The van der Waals surface area contributed by atoms with Crippen molar-refractivity contribution in [3.05, 3.63) is 82.5 Å². The Balaban J connectivity index is 0.000000604. The minimum Gasteiger partial charge on any atom is -0.481 e. The maximum atomic E-state index is 11.5. The summed E-state index contributed by atoms with van der Waals surface area (Å²) in [6, 6.07) is 7.17. The van der Waals surface area contributed by atoms with Crippen molar-refractivity contribution in [3.63, 3.8) is 0 Å². The first-order valence-electron chi connectivity index (χ1n) is 17.2. The summed E-state index contributed by atoms with van der Waals surface area (Å²) in [5, 5.41) is 27.2. The van der Waals surface area contributed by atoms with Crippen molar-refractivity contribution in [2.24, 2.45) is 11.5 Å². The molecule has 0 radical (unpaired) electrons. The number of aliphatic carboxylic acids is 3. The van der Waals surface area contributed by atoms with Gasteiger partial charge < -0.3 is 36.8 Å². The number of H-pyrrole nitrogens is 2. The van der Waals surface area contributed by atoms with Gasteiger partial charge in [0.15, 0.2) is 0 Å². The van der Waals surface area contributed by atoms with E-state index in [9.17, 15) is 24.6 Å². The molecule has 8 bridgehead atoms. The molecule has 0 spiro atoms. The predicted octanol–water partition coefficient (Wildman–Crippen LogP) is 7.33. The Hall–Kier alpha value is -5.07. The molecule has 13 heteroatoms. The SMILES string of the molecule is C=Cc1c(C)c2cc3[nH]c(cc4nc(cc5nc(cc1[nH]2)C(C)=C5CCC(=O)O)C(CCC(=O)O)=C4C)c(C)c3C=C.NCCCC[C@H](N)C(=O)O.[Fe+2]. The summed E-state index contributed by atoms with van der Waals surface area (Å²) in [6.07, 6.45) is 6.36. The molecule has 2 aliphatic heterocycles. The zero-order chi connectivity index (χ0) is 38.3. The standard InChI is InChI=1S/C34H34N4O4.C6H14N2O2.Fe/c1-7-21-17(3)25-13-26-19(5)23(9-11-33(39)40)31(37-26)16-32-24(10-12-34(41)42)20(6)28(38-32)15-30-22(8-2)18(4)27(36-30)14-29(21)35-25;7-4-2-1-3-5(8)6(9)10;/h7-8,13-16,35-36H,1-2,9-12H2,3-6H3,(H,39,40)(H,41,42);5H,1-4,7-8H2,(H,9,10);/q;;+2/t;5-;/m.0./s1. The summed E-state index contributed by atoms with van der Waals surface area (Å²) in [6.45, 7) is 16.7. The smallest absolute Gasteiger partial charge is 0.481 e. The van der Waals surface area contributed by atoms with Crippen LogP contribution in [0, 0.1) is 13.8 Å². The molecule has 0 aromatic carbocycles. The average Bonchev–Trinajstić information content (AvgIpc) is 3.75. The maximum absolute atomic E-state index is 11.5. The second-order valence-corrected chi connectivity index (χ2v) is 13.0. The van der Waals surface area contributed by atoms with Gasteiger partial charge in [-0.2, -0.15) is 0 Å². The van der Waals surface area contributed by atoms with Crippen molar-refractivity contribution in [1.82, 2.24) is 19.9 Å². The van der Waals surface area contributed by atoms with Crippen LogP contribution in [0.2, 0.25) is 0 Å². The Morgan fingerprint density at radius 3 is 1.57 bits per heavy atom. The topological polar surface area (TPSA) is 221 Å². The fourth-order valence-corrected chi connectivity index (χ4v) is 6.40. The first-order chi connectivity index (χ1) is 24.7. The molecule has 5 heterocycles. The predicted molar refractivity (Wildman–Crippen MR) is 208 cm³/mol. The molecule has 0 saturated carbocycles. The van der Waals surface area contributed by atoms with Crippen LogP contribution in [0.25, 0.3) is 56.5 Å². The third kappa shape index (κ3) is 9.88. The van der Waals surface area contributed by atoms with Crippen LogP contribution in [-0.2, 0) is 31.5 Å². The molecule has 3 aromatic rings. The number of nitrogens with zero attached hydrogens (tertiary/aromatic N) is 2. The normalized spacial score (nSPS) is 12.8. The summed E-state index contributed by atoms with van der Waals surface area (Å²) in [7, 11) is 0. The maximum Gasteiger partial charge on any atom is 2.00 e. The Labute approximate surface area is 319 Å². The van der Waals surface area contributed by atoms with Crippen LogP contribution in [0.3, 0.4) is 0 Å². The zero-order valence-electron chi connectivity index (χ0n) is 30.6. The van der Waals surface area contributed by atoms with E-state index in [4.69, 9.17) is 26.5 Å². The van der Waals surface area contributed by atoms with Crippen LogP contribution in [0.15, 0.2) is 37.4 Å². The van der Waals surface area contributed by atoms with Gasteiger partial charge in [0.25, 0.3) is 0 Å². The molecule has 3 aromatic heterocycles. The first kappa shape index (κ1) is 42.3. The summed E-state index contributed by atoms with van der Waals surface area (Å²) in [5.74, 6) is -2.71. The van der Waals surface area contributed by atoms with Gasteiger partial charge in [0.2, 0.25) is 0 Å². The fraction of sp³-hybridized carbons (Fsp3) is 0.325. The molecule has 2 aliphatic rings. The number of carbonyl (C=O) groups is 3. The molecule has 0 unspecified atom stereocenters. The van der Waals surface area contributed by atoms with Crippen molar-refractivity contribution in [2.45, 2.75) is 78.7 Å². The Morgan fingerprint density at radius 2 is 1.15 bits per heavy atom. The van der Waals surface area contributed by atoms with Crippen LogP contribution >= 0.6 is 0 Å². The number of nitrogens with one attached hydrogen (secondary N) is 2. The molecule has 1 atom stereocenters. The largest absolute Gasteiger partial charge is 2.00 e. The third-order valence-corrected chi connectivity index (χ3v) is 9.51. The number of unbranched alkanes of at least 4 members (excludes halogenated alkanes) is 1. The number of aromatic nitrogens is 4. The van der Waals surface area contributed by atoms with Gasteiger partial charge in [0, 0.05) is 46.0 Å². The summed E-state index contributed by atoms with van der Waals surface area (Å²) in [4.78, 5) is 50.2. The van der Waals surface area contributed by atoms with E-state index in [1.54, 1.807) is 0 Å². The second-order valence-electron chi connectivity index (χ2n) is 13.0. The Kier molecular flexibility index (Phi) is 14.9. The average molecular weight is 765 g/mol. The van der Waals surface area contributed by atoms with E-state index in [1.165, 1.54) is 0 Å². The van der Waals surface area contributed by atoms with E-state index in [-0.39, 0.29) is 29.9 Å². The van der Waals surface area contributed by atoms with Crippen LogP contribution in [0.1, 0.15) is 104 Å². The molecule has 0 saturated heterocycles. The van der Waals surface area contributed by atoms with Crippen molar-refractivity contribution in [2.75, 3.05) is 6.54 Å². The van der Waals surface area contributed by atoms with Crippen molar-refractivity contribution in [1.29, 1.82) is 0 Å². The molecule has 0 amide bonds. The van der Waals surface area contributed by atoms with E-state index in [0.29, 0.717) is 37.2 Å². The van der Waals surface area contributed by atoms with Crippen LogP contribution in [-0.4, -0.2) is 65.8 Å². The molecule has 280 valence electrons. The number of hydrogen-bond donors (Lipinski definition) is 7. The first-order valence-corrected chi connectivity index (χ1v) is 17.2. The number of aromatic amines is 2. The van der Waals surface area contributed by atoms with Crippen molar-refractivity contribution >= 4 is 74.4 Å². The molecular formula is C40H48FeN6O6+2. The number of fused-ring (bicyclic) bond motifs is 8. The number of carboxylic acids is 3. The number of allylic oxidation sites excluding steroid dienone is 4. The Bertz CT molecular complexity index is 2160. The van der Waals surface area contributed by atoms with E-state index in [1.807, 2.05) is 58.0 Å². The van der Waals surface area contributed by atoms with E-state index < -0.39 is 23.9 Å². The monoisotopic (exact) mass is 764 g/mol. The minimum atomic E-state index is -0.933. The van der Waals surface area contributed by atoms with Crippen molar-refractivity contribution in [3.8, 4) is 0 Å². The molecule has 0 aliphatic carbocycles. The van der Waals surface area contributed by atoms with Crippen molar-refractivity contribution < 1.29 is 46.8 Å². The second kappa shape index (κ2) is 18.6. The van der Waals surface area contributed by atoms with E-state index in [2.05, 4.69) is 29.2 Å². The molecule has 5 rings (SSSR count). The number of carboxylic acid groups (broad SMARTS) is 3. The number of aryl methyl sites for hydroxylation is 2. The number of rotatable bonds is 13. The fourth-order valence-electron chi connectivity index (χ4n) is 6.40. The third-order valence-electron chi connectivity index (χ3n) is 9.51. The van der Waals surface area contributed by atoms with Gasteiger partial charge in [0.05, 0.1) is 22.8 Å². The van der Waals surface area contributed by atoms with Gasteiger partial charge in [-0.05, 0) is 118 Å². The van der Waals surface area contributed by atoms with Gasteiger partial charge >= 0.3 is 35.0 Å². The van der Waals surface area contributed by atoms with Crippen LogP contribution in [0.4, 0.5) is 0 Å². The number of hydrogen-bond acceptors (Lipinski definition) is 7. The molecule has 9 N–H and O–H groups in total. The van der Waals surface area contributed by atoms with E-state index in [0.717, 1.165) is 90.8 Å². The molecule has 12 nitrogen and oxygen atoms in total. The Morgan fingerprint density at radius 1 is 0.717 bits per heavy atom. The van der Waals surface area contributed by atoms with Gasteiger partial charge in [-0.15, -0.1) is 0 Å². The van der Waals surface area contributed by atoms with Crippen LogP contribution < -0.4 is 11.5 Å². The van der Waals surface area contributed by atoms with Gasteiger partial charge in [0.1, 0.15) is 6.04 Å². The zero-order valence-corrected chi connectivity index (χ0v) is 31.7. The number of nitrogens with two attached hydrogens (primary N) is 2. The minimum absolute atomic E-state index is 0. The summed E-state index contributed by atoms with van der Waals surface area (Å²) < 4.78 is 0. The molecule has 0 fully saturated rings. The van der Waals surface area contributed by atoms with Gasteiger partial charge in [-0.3, -0.25) is 14.4 Å².